The molecule has 2 unspecified atom stereocenters. The van der Waals surface area contributed by atoms with E-state index >= 15 is 0 Å². The number of rotatable bonds is 6. The van der Waals surface area contributed by atoms with Gasteiger partial charge >= 0.3 is 0 Å². The molecule has 1 amide bonds. The van der Waals surface area contributed by atoms with Gasteiger partial charge in [0.1, 0.15) is 11.8 Å². The summed E-state index contributed by atoms with van der Waals surface area (Å²) >= 11 is 0. The molecular formula is C20H26N4O4S. The monoisotopic (exact) mass is 418 g/mol. The topological polar surface area (TPSA) is 95.8 Å². The lowest BCUT2D eigenvalue weighted by Gasteiger charge is -2.27. The zero-order valence-corrected chi connectivity index (χ0v) is 17.3. The quantitative estimate of drug-likeness (QED) is 0.772. The van der Waals surface area contributed by atoms with Crippen LogP contribution in [0.25, 0.3) is 0 Å². The first-order valence-corrected chi connectivity index (χ1v) is 11.5. The molecule has 2 saturated heterocycles. The van der Waals surface area contributed by atoms with E-state index in [1.54, 1.807) is 17.3 Å². The van der Waals surface area contributed by atoms with E-state index in [-0.39, 0.29) is 5.91 Å². The van der Waals surface area contributed by atoms with Crippen LogP contribution in [0.2, 0.25) is 0 Å². The van der Waals surface area contributed by atoms with Gasteiger partial charge in [0, 0.05) is 32.2 Å². The van der Waals surface area contributed by atoms with Crippen LogP contribution in [-0.2, 0) is 14.8 Å². The molecule has 0 bridgehead atoms. The predicted octanol–water partition coefficient (Wildman–Crippen LogP) is 2.16. The van der Waals surface area contributed by atoms with Crippen molar-refractivity contribution in [2.45, 2.75) is 37.5 Å². The Bertz CT molecular complexity index is 954. The van der Waals surface area contributed by atoms with E-state index in [0.717, 1.165) is 18.4 Å². The lowest BCUT2D eigenvalue weighted by atomic mass is 10.0. The zero-order chi connectivity index (χ0) is 20.4. The first kappa shape index (κ1) is 20.1. The Morgan fingerprint density at radius 2 is 1.93 bits per heavy atom. The molecule has 0 aliphatic carbocycles. The highest BCUT2D eigenvalue weighted by Crippen LogP contribution is 2.31. The molecule has 2 aliphatic heterocycles. The van der Waals surface area contributed by atoms with Gasteiger partial charge in [0.15, 0.2) is 5.82 Å². The van der Waals surface area contributed by atoms with E-state index in [4.69, 9.17) is 4.52 Å². The van der Waals surface area contributed by atoms with Crippen LogP contribution >= 0.6 is 0 Å². The van der Waals surface area contributed by atoms with Crippen molar-refractivity contribution in [3.63, 3.8) is 0 Å². The van der Waals surface area contributed by atoms with Gasteiger partial charge in [0.05, 0.1) is 5.25 Å². The van der Waals surface area contributed by atoms with Gasteiger partial charge in [-0.3, -0.25) is 9.69 Å². The Balaban J connectivity index is 1.54. The van der Waals surface area contributed by atoms with Crippen LogP contribution in [0.3, 0.4) is 0 Å². The normalized spacial score (nSPS) is 22.0. The number of amides is 1. The molecule has 2 aliphatic rings. The summed E-state index contributed by atoms with van der Waals surface area (Å²) in [6, 6.07) is 10.5. The summed E-state index contributed by atoms with van der Waals surface area (Å²) < 4.78 is 32.6. The minimum atomic E-state index is -3.34. The summed E-state index contributed by atoms with van der Waals surface area (Å²) in [4.78, 5) is 15.1. The summed E-state index contributed by atoms with van der Waals surface area (Å²) in [5.74, 6) is 0.715. The lowest BCUT2D eigenvalue weighted by molar-refractivity contribution is -0.121. The maximum absolute atomic E-state index is 13.1. The molecule has 2 atom stereocenters. The van der Waals surface area contributed by atoms with Gasteiger partial charge in [0.2, 0.25) is 15.9 Å². The molecule has 1 aromatic heterocycles. The van der Waals surface area contributed by atoms with Gasteiger partial charge in [-0.05, 0) is 31.7 Å². The number of hydrogen-bond donors (Lipinski definition) is 1. The molecule has 9 heteroatoms. The molecule has 1 aromatic carbocycles. The van der Waals surface area contributed by atoms with Crippen molar-refractivity contribution in [2.24, 2.45) is 0 Å². The highest BCUT2D eigenvalue weighted by Gasteiger charge is 2.42. The fraction of sp³-hybridized carbons (Fsp3) is 0.500. The van der Waals surface area contributed by atoms with Crippen LogP contribution in [0.4, 0.5) is 5.82 Å². The number of aromatic nitrogens is 1. The summed E-state index contributed by atoms with van der Waals surface area (Å²) in [7, 11) is -3.34. The minimum absolute atomic E-state index is 0.247. The second-order valence-electron chi connectivity index (χ2n) is 7.68. The van der Waals surface area contributed by atoms with Gasteiger partial charge in [-0.2, -0.15) is 0 Å². The van der Waals surface area contributed by atoms with Crippen LogP contribution in [0.1, 0.15) is 36.6 Å². The van der Waals surface area contributed by atoms with Crippen molar-refractivity contribution in [2.75, 3.05) is 31.5 Å². The Hall–Kier alpha value is -2.23. The molecule has 0 saturated carbocycles. The molecular weight excluding hydrogens is 392 g/mol. The van der Waals surface area contributed by atoms with Crippen LogP contribution in [0, 0.1) is 6.92 Å². The third-order valence-electron chi connectivity index (χ3n) is 5.63. The van der Waals surface area contributed by atoms with Crippen LogP contribution < -0.4 is 5.32 Å². The fourth-order valence-electron chi connectivity index (χ4n) is 4.17. The molecule has 0 spiro atoms. The third-order valence-corrected chi connectivity index (χ3v) is 7.94. The van der Waals surface area contributed by atoms with Crippen LogP contribution in [0.5, 0.6) is 0 Å². The highest BCUT2D eigenvalue weighted by atomic mass is 32.2. The second kappa shape index (κ2) is 8.25. The van der Waals surface area contributed by atoms with Crippen molar-refractivity contribution < 1.29 is 17.7 Å². The maximum Gasteiger partial charge on any atom is 0.247 e. The summed E-state index contributed by atoms with van der Waals surface area (Å²) in [6.07, 6.45) is 2.36. The number of likely N-dealkylation sites (tertiary alicyclic amines) is 1. The third kappa shape index (κ3) is 4.22. The minimum Gasteiger partial charge on any atom is -0.360 e. The number of sulfonamides is 1. The van der Waals surface area contributed by atoms with Gasteiger partial charge < -0.3 is 9.84 Å². The number of hydrogen-bond acceptors (Lipinski definition) is 6. The van der Waals surface area contributed by atoms with Crippen molar-refractivity contribution in [1.82, 2.24) is 14.4 Å². The Kier molecular flexibility index (Phi) is 5.71. The van der Waals surface area contributed by atoms with Gasteiger partial charge in [0.25, 0.3) is 0 Å². The molecule has 2 aromatic rings. The van der Waals surface area contributed by atoms with Crippen molar-refractivity contribution >= 4 is 21.7 Å². The Morgan fingerprint density at radius 1 is 1.21 bits per heavy atom. The average molecular weight is 419 g/mol. The first-order chi connectivity index (χ1) is 13.9. The molecule has 8 nitrogen and oxygen atoms in total. The van der Waals surface area contributed by atoms with E-state index in [1.165, 1.54) is 0 Å². The number of aryl methyl sites for hydroxylation is 1. The fourth-order valence-corrected chi connectivity index (χ4v) is 6.14. The van der Waals surface area contributed by atoms with E-state index in [1.807, 2.05) is 35.2 Å². The number of carbonyl (C=O) groups is 1. The molecule has 0 radical (unpaired) electrons. The number of nitrogens with zero attached hydrogens (tertiary/aromatic N) is 3. The van der Waals surface area contributed by atoms with E-state index in [2.05, 4.69) is 10.5 Å². The van der Waals surface area contributed by atoms with Crippen LogP contribution in [-0.4, -0.2) is 60.1 Å². The number of carbonyl (C=O) groups excluding carboxylic acids is 1. The smallest absolute Gasteiger partial charge is 0.247 e. The highest BCUT2D eigenvalue weighted by molar-refractivity contribution is 7.89. The zero-order valence-electron chi connectivity index (χ0n) is 16.5. The molecule has 4 rings (SSSR count). The van der Waals surface area contributed by atoms with E-state index in [0.29, 0.717) is 44.2 Å². The predicted molar refractivity (Wildman–Crippen MR) is 109 cm³/mol. The number of benzene rings is 1. The molecule has 2 fully saturated rings. The summed E-state index contributed by atoms with van der Waals surface area (Å²) in [5.41, 5.74) is 0.824. The average Bonchev–Trinajstić information content (AvgIpc) is 3.45. The first-order valence-electron chi connectivity index (χ1n) is 9.97. The Labute approximate surface area is 170 Å². The molecule has 156 valence electrons. The second-order valence-corrected chi connectivity index (χ2v) is 9.89. The van der Waals surface area contributed by atoms with Crippen molar-refractivity contribution in [3.8, 4) is 0 Å². The van der Waals surface area contributed by atoms with Gasteiger partial charge in [-0.25, -0.2) is 12.7 Å². The largest absolute Gasteiger partial charge is 0.360 e. The van der Waals surface area contributed by atoms with E-state index in [9.17, 15) is 13.2 Å². The van der Waals surface area contributed by atoms with Crippen LogP contribution in [0.15, 0.2) is 40.9 Å². The molecule has 29 heavy (non-hydrogen) atoms. The van der Waals surface area contributed by atoms with Gasteiger partial charge in [-0.1, -0.05) is 35.5 Å². The van der Waals surface area contributed by atoms with Crippen molar-refractivity contribution in [3.05, 3.63) is 47.7 Å². The van der Waals surface area contributed by atoms with Gasteiger partial charge in [-0.15, -0.1) is 0 Å². The number of anilines is 1. The molecule has 3 heterocycles. The lowest BCUT2D eigenvalue weighted by Crippen LogP contribution is -2.41. The molecule has 1 N–H and O–H groups in total. The standard InChI is InChI=1S/C20H26N4O4S/c1-15-13-18(22-28-15)21-20(25)19(16-7-3-2-4-8-16)23-12-9-17(14-23)29(26,27)24-10-5-6-11-24/h2-4,7-8,13,17,19H,5-6,9-12,14H2,1H3,(H,21,22,25). The summed E-state index contributed by atoms with van der Waals surface area (Å²) in [6.45, 7) is 3.84. The van der Waals surface area contributed by atoms with E-state index < -0.39 is 21.3 Å². The maximum atomic E-state index is 13.1. The Morgan fingerprint density at radius 3 is 2.59 bits per heavy atom. The SMILES string of the molecule is Cc1cc(NC(=O)C(c2ccccc2)N2CCC(S(=O)(=O)N3CCCC3)C2)no1. The number of nitrogens with one attached hydrogen (secondary N) is 1. The summed E-state index contributed by atoms with van der Waals surface area (Å²) in [5, 5.41) is 6.16. The van der Waals surface area contributed by atoms with Crippen molar-refractivity contribution in [1.29, 1.82) is 0 Å².